The molecule has 4 nitrogen and oxygen atoms in total. The Balaban J connectivity index is 3.01. The van der Waals surface area contributed by atoms with Gasteiger partial charge in [0.15, 0.2) is 0 Å². The molecule has 0 radical (unpaired) electrons. The molecule has 6 heteroatoms. The van der Waals surface area contributed by atoms with Crippen LogP contribution in [-0.2, 0) is 9.05 Å². The molecular formula is C13H18ClNO3S. The van der Waals surface area contributed by atoms with E-state index in [1.165, 1.54) is 18.2 Å². The quantitative estimate of drug-likeness (QED) is 0.807. The SMILES string of the molecule is CN(CC(C)(C)C)C(=O)c1cccc(S(=O)(=O)Cl)c1. The zero-order valence-corrected chi connectivity index (χ0v) is 13.0. The number of hydrogen-bond donors (Lipinski definition) is 0. The van der Waals surface area contributed by atoms with Crippen molar-refractivity contribution in [1.29, 1.82) is 0 Å². The monoisotopic (exact) mass is 303 g/mol. The molecule has 1 aromatic carbocycles. The summed E-state index contributed by atoms with van der Waals surface area (Å²) in [7, 11) is 3.14. The highest BCUT2D eigenvalue weighted by molar-refractivity contribution is 8.13. The predicted molar refractivity (Wildman–Crippen MR) is 75.9 cm³/mol. The van der Waals surface area contributed by atoms with E-state index in [-0.39, 0.29) is 16.2 Å². The van der Waals surface area contributed by atoms with E-state index in [0.29, 0.717) is 12.1 Å². The molecule has 1 amide bonds. The number of carbonyl (C=O) groups excluding carboxylic acids is 1. The zero-order chi connectivity index (χ0) is 14.8. The van der Waals surface area contributed by atoms with Gasteiger partial charge in [-0.15, -0.1) is 0 Å². The molecule has 0 unspecified atom stereocenters. The number of rotatable bonds is 3. The molecule has 0 fully saturated rings. The first-order valence-electron chi connectivity index (χ1n) is 5.81. The number of nitrogens with zero attached hydrogens (tertiary/aromatic N) is 1. The minimum Gasteiger partial charge on any atom is -0.341 e. The van der Waals surface area contributed by atoms with Crippen LogP contribution in [0.2, 0.25) is 0 Å². The molecule has 0 bridgehead atoms. The summed E-state index contributed by atoms with van der Waals surface area (Å²) < 4.78 is 22.5. The summed E-state index contributed by atoms with van der Waals surface area (Å²) >= 11 is 0. The Morgan fingerprint density at radius 2 is 1.89 bits per heavy atom. The van der Waals surface area contributed by atoms with Crippen LogP contribution < -0.4 is 0 Å². The molecule has 0 aliphatic carbocycles. The average molecular weight is 304 g/mol. The largest absolute Gasteiger partial charge is 0.341 e. The highest BCUT2D eigenvalue weighted by Gasteiger charge is 2.20. The lowest BCUT2D eigenvalue weighted by molar-refractivity contribution is 0.0745. The van der Waals surface area contributed by atoms with Crippen LogP contribution in [0.15, 0.2) is 29.2 Å². The van der Waals surface area contributed by atoms with Gasteiger partial charge < -0.3 is 4.90 Å². The first kappa shape index (κ1) is 16.0. The van der Waals surface area contributed by atoms with E-state index in [1.54, 1.807) is 18.0 Å². The second-order valence-electron chi connectivity index (χ2n) is 5.69. The third-order valence-electron chi connectivity index (χ3n) is 2.42. The van der Waals surface area contributed by atoms with E-state index in [9.17, 15) is 13.2 Å². The van der Waals surface area contributed by atoms with Gasteiger partial charge in [-0.1, -0.05) is 26.8 Å². The van der Waals surface area contributed by atoms with Gasteiger partial charge in [0.05, 0.1) is 4.90 Å². The number of halogens is 1. The molecule has 0 atom stereocenters. The maximum absolute atomic E-state index is 12.2. The number of hydrogen-bond acceptors (Lipinski definition) is 3. The van der Waals surface area contributed by atoms with Gasteiger partial charge in [0.1, 0.15) is 0 Å². The zero-order valence-electron chi connectivity index (χ0n) is 11.5. The standard InChI is InChI=1S/C13H18ClNO3S/c1-13(2,3)9-15(4)12(16)10-6-5-7-11(8-10)19(14,17)18/h5-8H,9H2,1-4H3. The average Bonchev–Trinajstić information content (AvgIpc) is 2.24. The van der Waals surface area contributed by atoms with Crippen molar-refractivity contribution in [2.75, 3.05) is 13.6 Å². The van der Waals surface area contributed by atoms with Crippen LogP contribution in [0.5, 0.6) is 0 Å². The second kappa shape index (κ2) is 5.51. The maximum atomic E-state index is 12.2. The van der Waals surface area contributed by atoms with Crippen LogP contribution in [-0.4, -0.2) is 32.8 Å². The van der Waals surface area contributed by atoms with E-state index < -0.39 is 9.05 Å². The predicted octanol–water partition coefficient (Wildman–Crippen LogP) is 2.73. The molecule has 19 heavy (non-hydrogen) atoms. The Kier molecular flexibility index (Phi) is 4.63. The van der Waals surface area contributed by atoms with Crippen LogP contribution in [0.25, 0.3) is 0 Å². The van der Waals surface area contributed by atoms with Crippen molar-refractivity contribution < 1.29 is 13.2 Å². The van der Waals surface area contributed by atoms with E-state index in [0.717, 1.165) is 0 Å². The molecule has 0 N–H and O–H groups in total. The van der Waals surface area contributed by atoms with Gasteiger partial charge in [-0.25, -0.2) is 8.42 Å². The van der Waals surface area contributed by atoms with Crippen LogP contribution >= 0.6 is 10.7 Å². The minimum atomic E-state index is -3.82. The molecule has 0 aliphatic rings. The molecule has 1 aromatic rings. The van der Waals surface area contributed by atoms with Crippen LogP contribution in [0.4, 0.5) is 0 Å². The van der Waals surface area contributed by atoms with Gasteiger partial charge in [0.25, 0.3) is 15.0 Å². The lowest BCUT2D eigenvalue weighted by Crippen LogP contribution is -2.34. The molecule has 0 spiro atoms. The summed E-state index contributed by atoms with van der Waals surface area (Å²) in [6, 6.07) is 5.74. The Morgan fingerprint density at radius 1 is 1.32 bits per heavy atom. The first-order chi connectivity index (χ1) is 8.50. The van der Waals surface area contributed by atoms with E-state index in [2.05, 4.69) is 0 Å². The summed E-state index contributed by atoms with van der Waals surface area (Å²) in [5, 5.41) is 0. The Hall–Kier alpha value is -1.07. The topological polar surface area (TPSA) is 54.5 Å². The van der Waals surface area contributed by atoms with Crippen molar-refractivity contribution in [2.24, 2.45) is 5.41 Å². The lowest BCUT2D eigenvalue weighted by atomic mass is 9.96. The number of carbonyl (C=O) groups is 1. The lowest BCUT2D eigenvalue weighted by Gasteiger charge is -2.26. The molecule has 0 aliphatic heterocycles. The number of benzene rings is 1. The van der Waals surface area contributed by atoms with Crippen LogP contribution in [0.1, 0.15) is 31.1 Å². The summed E-state index contributed by atoms with van der Waals surface area (Å²) in [4.78, 5) is 13.7. The third kappa shape index (κ3) is 4.84. The summed E-state index contributed by atoms with van der Waals surface area (Å²) in [6.45, 7) is 6.65. The minimum absolute atomic E-state index is 0.0272. The fourth-order valence-electron chi connectivity index (χ4n) is 1.78. The van der Waals surface area contributed by atoms with Crippen molar-refractivity contribution in [3.63, 3.8) is 0 Å². The molecule has 0 aromatic heterocycles. The summed E-state index contributed by atoms with van der Waals surface area (Å²) in [5.41, 5.74) is 0.286. The van der Waals surface area contributed by atoms with E-state index >= 15 is 0 Å². The van der Waals surface area contributed by atoms with Crippen molar-refractivity contribution in [3.8, 4) is 0 Å². The number of amides is 1. The summed E-state index contributed by atoms with van der Waals surface area (Å²) in [6.07, 6.45) is 0. The van der Waals surface area contributed by atoms with Crippen molar-refractivity contribution in [2.45, 2.75) is 25.7 Å². The molecular weight excluding hydrogens is 286 g/mol. The van der Waals surface area contributed by atoms with Crippen molar-refractivity contribution in [3.05, 3.63) is 29.8 Å². The highest BCUT2D eigenvalue weighted by Crippen LogP contribution is 2.19. The first-order valence-corrected chi connectivity index (χ1v) is 8.12. The highest BCUT2D eigenvalue weighted by atomic mass is 35.7. The van der Waals surface area contributed by atoms with Gasteiger partial charge in [-0.2, -0.15) is 0 Å². The van der Waals surface area contributed by atoms with Crippen LogP contribution in [0, 0.1) is 5.41 Å². The normalized spacial score (nSPS) is 12.3. The fourth-order valence-corrected chi connectivity index (χ4v) is 2.58. The van der Waals surface area contributed by atoms with Gasteiger partial charge in [-0.3, -0.25) is 4.79 Å². The third-order valence-corrected chi connectivity index (χ3v) is 3.77. The summed E-state index contributed by atoms with van der Waals surface area (Å²) in [5.74, 6) is -0.225. The molecule has 1 rings (SSSR count). The maximum Gasteiger partial charge on any atom is 0.261 e. The van der Waals surface area contributed by atoms with Crippen molar-refractivity contribution >= 4 is 25.6 Å². The molecule has 0 heterocycles. The Bertz CT molecular complexity index is 576. The Morgan fingerprint density at radius 3 is 2.37 bits per heavy atom. The molecule has 0 saturated carbocycles. The second-order valence-corrected chi connectivity index (χ2v) is 8.25. The Labute approximate surface area is 118 Å². The van der Waals surface area contributed by atoms with Gasteiger partial charge in [0.2, 0.25) is 0 Å². The smallest absolute Gasteiger partial charge is 0.261 e. The van der Waals surface area contributed by atoms with Crippen molar-refractivity contribution in [1.82, 2.24) is 4.90 Å². The van der Waals surface area contributed by atoms with Crippen LogP contribution in [0.3, 0.4) is 0 Å². The van der Waals surface area contributed by atoms with Gasteiger partial charge in [0, 0.05) is 29.8 Å². The van der Waals surface area contributed by atoms with E-state index in [4.69, 9.17) is 10.7 Å². The van der Waals surface area contributed by atoms with E-state index in [1.807, 2.05) is 20.8 Å². The fraction of sp³-hybridized carbons (Fsp3) is 0.462. The molecule has 106 valence electrons. The van der Waals surface area contributed by atoms with Gasteiger partial charge in [-0.05, 0) is 23.6 Å². The van der Waals surface area contributed by atoms with Gasteiger partial charge >= 0.3 is 0 Å². The molecule has 0 saturated heterocycles.